The van der Waals surface area contributed by atoms with Crippen LogP contribution in [0.15, 0.2) is 12.1 Å². The summed E-state index contributed by atoms with van der Waals surface area (Å²) in [6.07, 6.45) is 1.48. The molecule has 0 saturated carbocycles. The van der Waals surface area contributed by atoms with Crippen LogP contribution in [0, 0.1) is 11.6 Å². The molecule has 0 aromatic heterocycles. The van der Waals surface area contributed by atoms with E-state index in [0.717, 1.165) is 4.90 Å². The number of hydrogen-bond donors (Lipinski definition) is 1. The fourth-order valence-electron chi connectivity index (χ4n) is 1.78. The number of carbonyl (C=O) groups is 4. The zero-order valence-electron chi connectivity index (χ0n) is 13.7. The van der Waals surface area contributed by atoms with Gasteiger partial charge in [-0.2, -0.15) is 0 Å². The first-order valence-electron chi connectivity index (χ1n) is 7.06. The number of carbonyl (C=O) groups excluding carboxylic acids is 4. The monoisotopic (exact) mass is 342 g/mol. The summed E-state index contributed by atoms with van der Waals surface area (Å²) in [6, 6.07) is 0.333. The Labute approximate surface area is 138 Å². The molecular weight excluding hydrogens is 322 g/mol. The van der Waals surface area contributed by atoms with Crippen LogP contribution in [-0.4, -0.2) is 56.9 Å². The highest BCUT2D eigenvalue weighted by Gasteiger charge is 2.24. The predicted molar refractivity (Wildman–Crippen MR) is 84.0 cm³/mol. The number of nitrogens with zero attached hydrogens (tertiary/aromatic N) is 1. The lowest BCUT2D eigenvalue weighted by molar-refractivity contribution is -0.112. The van der Waals surface area contributed by atoms with Gasteiger partial charge in [-0.25, -0.2) is 8.78 Å². The van der Waals surface area contributed by atoms with Gasteiger partial charge in [0.1, 0.15) is 12.6 Å². The van der Waals surface area contributed by atoms with Crippen molar-refractivity contribution in [3.63, 3.8) is 0 Å². The third-order valence-corrected chi connectivity index (χ3v) is 3.01. The van der Waals surface area contributed by atoms with Gasteiger partial charge in [-0.15, -0.1) is 0 Å². The minimum atomic E-state index is -1.27. The van der Waals surface area contributed by atoms with Crippen molar-refractivity contribution in [2.24, 2.45) is 0 Å². The van der Waals surface area contributed by atoms with Crippen LogP contribution in [0.2, 0.25) is 0 Å². The Morgan fingerprint density at radius 1 is 1.21 bits per heavy atom. The van der Waals surface area contributed by atoms with Gasteiger partial charge in [-0.1, -0.05) is 0 Å². The highest BCUT2D eigenvalue weighted by molar-refractivity contribution is 6.02. The summed E-state index contributed by atoms with van der Waals surface area (Å²) in [5.41, 5.74) is -0.657. The highest BCUT2D eigenvalue weighted by atomic mass is 19.2. The maximum Gasteiger partial charge on any atom is 0.255 e. The van der Waals surface area contributed by atoms with Gasteiger partial charge in [0.25, 0.3) is 5.91 Å². The summed E-state index contributed by atoms with van der Waals surface area (Å²) >= 11 is 0. The van der Waals surface area contributed by atoms with Gasteiger partial charge >= 0.3 is 0 Å². The summed E-state index contributed by atoms with van der Waals surface area (Å²) in [7, 11) is 5.03. The Hall–Kier alpha value is -2.48. The number of likely N-dealkylation sites (N-methyl/N-ethyl adjacent to an activating group) is 1. The number of hydrogen-bond acceptors (Lipinski definition) is 5. The molecule has 0 fully saturated rings. The molecule has 1 unspecified atom stereocenters. The third-order valence-electron chi connectivity index (χ3n) is 3.01. The second kappa shape index (κ2) is 11.1. The Balaban J connectivity index is 0.00000163. The topological polar surface area (TPSA) is 83.6 Å². The zero-order valence-corrected chi connectivity index (χ0v) is 13.7. The summed E-state index contributed by atoms with van der Waals surface area (Å²) in [5.74, 6) is -3.32. The zero-order chi connectivity index (χ0) is 18.7. The number of amides is 1. The highest BCUT2D eigenvalue weighted by Crippen LogP contribution is 2.17. The Morgan fingerprint density at radius 2 is 1.75 bits per heavy atom. The van der Waals surface area contributed by atoms with Gasteiger partial charge in [0.2, 0.25) is 0 Å². The molecule has 0 aliphatic heterocycles. The summed E-state index contributed by atoms with van der Waals surface area (Å²) in [4.78, 5) is 45.3. The minimum absolute atomic E-state index is 0.0688. The summed E-state index contributed by atoms with van der Waals surface area (Å²) in [5, 5.41) is 2.75. The van der Waals surface area contributed by atoms with E-state index in [1.165, 1.54) is 7.05 Å². The van der Waals surface area contributed by atoms with Gasteiger partial charge < -0.3 is 19.8 Å². The normalized spacial score (nSPS) is 10.9. The van der Waals surface area contributed by atoms with E-state index in [-0.39, 0.29) is 30.3 Å². The third kappa shape index (κ3) is 5.96. The van der Waals surface area contributed by atoms with Crippen molar-refractivity contribution >= 4 is 24.8 Å². The second-order valence-corrected chi connectivity index (χ2v) is 4.83. The molecule has 1 rings (SSSR count). The lowest BCUT2D eigenvalue weighted by Gasteiger charge is -2.23. The Kier molecular flexibility index (Phi) is 9.97. The predicted octanol–water partition coefficient (Wildman–Crippen LogP) is 1.23. The first kappa shape index (κ1) is 21.5. The maximum absolute atomic E-state index is 13.2. The molecule has 6 nitrogen and oxygen atoms in total. The second-order valence-electron chi connectivity index (χ2n) is 4.83. The SMILES string of the molecule is CN(C(=O)c1cc(F)c(F)cc1C=O)C(C=O)CCC=O.CNC. The van der Waals surface area contributed by atoms with E-state index >= 15 is 0 Å². The Morgan fingerprint density at radius 3 is 2.21 bits per heavy atom. The van der Waals surface area contributed by atoms with Gasteiger partial charge in [-0.05, 0) is 32.6 Å². The van der Waals surface area contributed by atoms with Crippen molar-refractivity contribution in [3.05, 3.63) is 34.9 Å². The molecule has 8 heteroatoms. The molecule has 0 spiro atoms. The summed E-state index contributed by atoms with van der Waals surface area (Å²) < 4.78 is 26.3. The molecule has 1 aromatic rings. The van der Waals surface area contributed by atoms with Gasteiger partial charge in [-0.3, -0.25) is 9.59 Å². The van der Waals surface area contributed by atoms with Crippen LogP contribution in [0.3, 0.4) is 0 Å². The van der Waals surface area contributed by atoms with E-state index in [9.17, 15) is 28.0 Å². The van der Waals surface area contributed by atoms with Gasteiger partial charge in [0, 0.05) is 19.0 Å². The van der Waals surface area contributed by atoms with Crippen LogP contribution in [0.25, 0.3) is 0 Å². The van der Waals surface area contributed by atoms with Crippen molar-refractivity contribution in [1.82, 2.24) is 10.2 Å². The first-order valence-corrected chi connectivity index (χ1v) is 7.06. The van der Waals surface area contributed by atoms with Crippen LogP contribution in [0.1, 0.15) is 33.6 Å². The average Bonchev–Trinajstić information content (AvgIpc) is 2.57. The lowest BCUT2D eigenvalue weighted by Crippen LogP contribution is -2.38. The molecule has 1 amide bonds. The van der Waals surface area contributed by atoms with E-state index in [2.05, 4.69) is 5.32 Å². The lowest BCUT2D eigenvalue weighted by atomic mass is 10.0. The van der Waals surface area contributed by atoms with Crippen LogP contribution in [-0.2, 0) is 9.59 Å². The fraction of sp³-hybridized carbons (Fsp3) is 0.375. The first-order chi connectivity index (χ1) is 11.4. The molecule has 0 radical (unpaired) electrons. The molecule has 1 N–H and O–H groups in total. The molecule has 0 heterocycles. The molecular formula is C16H20F2N2O4. The Bertz CT molecular complexity index is 594. The molecule has 0 saturated heterocycles. The maximum atomic E-state index is 13.2. The van der Waals surface area contributed by atoms with E-state index in [1.807, 2.05) is 14.1 Å². The van der Waals surface area contributed by atoms with E-state index < -0.39 is 23.6 Å². The fourth-order valence-corrected chi connectivity index (χ4v) is 1.78. The molecule has 24 heavy (non-hydrogen) atoms. The van der Waals surface area contributed by atoms with Crippen molar-refractivity contribution < 1.29 is 28.0 Å². The van der Waals surface area contributed by atoms with Gasteiger partial charge in [0.15, 0.2) is 17.9 Å². The van der Waals surface area contributed by atoms with Crippen molar-refractivity contribution in [3.8, 4) is 0 Å². The number of aldehydes is 3. The summed E-state index contributed by atoms with van der Waals surface area (Å²) in [6.45, 7) is 0. The number of rotatable bonds is 7. The van der Waals surface area contributed by atoms with Crippen molar-refractivity contribution in [1.29, 1.82) is 0 Å². The van der Waals surface area contributed by atoms with Crippen LogP contribution >= 0.6 is 0 Å². The quantitative estimate of drug-likeness (QED) is 0.754. The van der Waals surface area contributed by atoms with Gasteiger partial charge in [0.05, 0.1) is 11.6 Å². The molecule has 1 aromatic carbocycles. The largest absolute Gasteiger partial charge is 0.332 e. The number of halogens is 2. The molecule has 0 aliphatic carbocycles. The van der Waals surface area contributed by atoms with Crippen molar-refractivity contribution in [2.75, 3.05) is 21.1 Å². The number of nitrogens with one attached hydrogen (secondary N) is 1. The smallest absolute Gasteiger partial charge is 0.255 e. The number of benzene rings is 1. The standard InChI is InChI=1S/C14H13F2NO4.C2H7N/c1-17(10(8-20)3-2-4-18)14(21)11-6-13(16)12(15)5-9(11)7-19;1-3-2/h4-8,10H,2-3H2,1H3;3H,1-2H3. The van der Waals surface area contributed by atoms with Crippen LogP contribution in [0.5, 0.6) is 0 Å². The average molecular weight is 342 g/mol. The molecule has 0 bridgehead atoms. The van der Waals surface area contributed by atoms with Crippen LogP contribution in [0.4, 0.5) is 8.78 Å². The molecule has 0 aliphatic rings. The molecule has 1 atom stereocenters. The van der Waals surface area contributed by atoms with E-state index in [4.69, 9.17) is 0 Å². The molecule has 132 valence electrons. The van der Waals surface area contributed by atoms with Crippen LogP contribution < -0.4 is 5.32 Å². The van der Waals surface area contributed by atoms with E-state index in [0.29, 0.717) is 24.7 Å². The van der Waals surface area contributed by atoms with Crippen molar-refractivity contribution in [2.45, 2.75) is 18.9 Å². The van der Waals surface area contributed by atoms with E-state index in [1.54, 1.807) is 0 Å². The minimum Gasteiger partial charge on any atom is -0.332 e.